The number of hydrogen-bond donors (Lipinski definition) is 3. The van der Waals surface area contributed by atoms with E-state index in [4.69, 9.17) is 37.0 Å². The molecule has 0 aromatic heterocycles. The lowest BCUT2D eigenvalue weighted by Crippen LogP contribution is -2.30. The fourth-order valence-corrected chi connectivity index (χ4v) is 14.6. The molecule has 0 aliphatic carbocycles. The smallest absolute Gasteiger partial charge is 0.462 e. The lowest BCUT2D eigenvalue weighted by molar-refractivity contribution is -0.161. The van der Waals surface area contributed by atoms with Crippen molar-refractivity contribution < 1.29 is 80.2 Å². The summed E-state index contributed by atoms with van der Waals surface area (Å²) < 4.78 is 68.8. The molecule has 19 heteroatoms. The molecule has 0 saturated carbocycles. The number of carbonyl (C=O) groups excluding carboxylic acids is 4. The quantitative estimate of drug-likeness (QED) is 0.0222. The lowest BCUT2D eigenvalue weighted by atomic mass is 10.00. The Morgan fingerprint density at radius 1 is 0.282 bits per heavy atom. The number of esters is 4. The van der Waals surface area contributed by atoms with Crippen LogP contribution in [-0.2, 0) is 65.4 Å². The normalized spacial score (nSPS) is 14.1. The van der Waals surface area contributed by atoms with E-state index in [2.05, 4.69) is 41.5 Å². The van der Waals surface area contributed by atoms with E-state index < -0.39 is 97.5 Å². The van der Waals surface area contributed by atoms with Crippen molar-refractivity contribution >= 4 is 39.5 Å². The van der Waals surface area contributed by atoms with E-state index in [1.54, 1.807) is 0 Å². The Bertz CT molecular complexity index is 1980. The third-order valence-electron chi connectivity index (χ3n) is 20.1. The summed E-state index contributed by atoms with van der Waals surface area (Å²) in [5.74, 6) is -0.588. The van der Waals surface area contributed by atoms with Crippen LogP contribution in [0.3, 0.4) is 0 Å². The second kappa shape index (κ2) is 75.5. The molecule has 3 unspecified atom stereocenters. The molecule has 0 aliphatic heterocycles. The largest absolute Gasteiger partial charge is 0.472 e. The third kappa shape index (κ3) is 76.6. The average molecular weight is 1510 g/mol. The van der Waals surface area contributed by atoms with Gasteiger partial charge in [0.25, 0.3) is 0 Å². The number of aliphatic hydroxyl groups is 1. The van der Waals surface area contributed by atoms with Crippen LogP contribution in [0.5, 0.6) is 0 Å². The maximum atomic E-state index is 13.1. The van der Waals surface area contributed by atoms with Crippen LogP contribution in [0.15, 0.2) is 0 Å². The van der Waals surface area contributed by atoms with Crippen LogP contribution in [0, 0.1) is 11.8 Å². The Kier molecular flexibility index (Phi) is 74.1. The third-order valence-corrected chi connectivity index (χ3v) is 22.0. The van der Waals surface area contributed by atoms with Crippen LogP contribution >= 0.6 is 15.6 Å². The van der Waals surface area contributed by atoms with E-state index >= 15 is 0 Å². The predicted molar refractivity (Wildman–Crippen MR) is 423 cm³/mol. The minimum atomic E-state index is -4.96. The number of aliphatic hydroxyl groups excluding tert-OH is 1. The molecule has 0 aromatic rings. The Labute approximate surface area is 632 Å². The fourth-order valence-electron chi connectivity index (χ4n) is 13.0. The highest BCUT2D eigenvalue weighted by Gasteiger charge is 2.30. The SMILES string of the molecule is CCCCCCCCCCCCCCCCCCCCCC(=O)O[C@H](COC(=O)CCCCCCCCCCCCCCCCCCCC)COP(=O)(O)OC[C@@H](O)COP(=O)(O)OC[C@@H](COC(=O)CCCCCCCCC(C)CC)OC(=O)CCCCCCCCCCCCCCCC(C)C. The van der Waals surface area contributed by atoms with Gasteiger partial charge in [0.05, 0.1) is 26.4 Å². The molecule has 0 spiro atoms. The Hall–Kier alpha value is -1.94. The second-order valence-electron chi connectivity index (χ2n) is 30.9. The average Bonchev–Trinajstić information content (AvgIpc) is 0.917. The van der Waals surface area contributed by atoms with Crippen molar-refractivity contribution in [1.29, 1.82) is 0 Å². The van der Waals surface area contributed by atoms with Gasteiger partial charge in [-0.25, -0.2) is 9.13 Å². The van der Waals surface area contributed by atoms with Crippen molar-refractivity contribution in [2.24, 2.45) is 11.8 Å². The van der Waals surface area contributed by atoms with Gasteiger partial charge < -0.3 is 33.8 Å². The molecule has 103 heavy (non-hydrogen) atoms. The van der Waals surface area contributed by atoms with Crippen molar-refractivity contribution in [3.8, 4) is 0 Å². The van der Waals surface area contributed by atoms with E-state index in [9.17, 15) is 43.2 Å². The Morgan fingerprint density at radius 2 is 0.495 bits per heavy atom. The summed E-state index contributed by atoms with van der Waals surface area (Å²) in [6.45, 7) is 9.63. The Morgan fingerprint density at radius 3 is 0.738 bits per heavy atom. The van der Waals surface area contributed by atoms with Gasteiger partial charge in [0, 0.05) is 25.7 Å². The molecule has 0 rings (SSSR count). The van der Waals surface area contributed by atoms with Gasteiger partial charge in [-0.15, -0.1) is 0 Å². The highest BCUT2D eigenvalue weighted by atomic mass is 31.2. The zero-order chi connectivity index (χ0) is 75.6. The Balaban J connectivity index is 5.24. The number of rotatable bonds is 83. The molecule has 0 saturated heterocycles. The summed E-state index contributed by atoms with van der Waals surface area (Å²) in [5, 5.41) is 10.7. The van der Waals surface area contributed by atoms with Crippen molar-refractivity contribution in [2.45, 2.75) is 464 Å². The minimum Gasteiger partial charge on any atom is -0.462 e. The summed E-state index contributed by atoms with van der Waals surface area (Å²) in [5.41, 5.74) is 0. The monoisotopic (exact) mass is 1510 g/mol. The number of phosphoric ester groups is 2. The number of carbonyl (C=O) groups is 4. The first kappa shape index (κ1) is 101. The second-order valence-corrected chi connectivity index (χ2v) is 33.8. The molecule has 0 amide bonds. The molecule has 0 aromatic carbocycles. The number of unbranched alkanes of at least 4 members (excludes halogenated alkanes) is 52. The summed E-state index contributed by atoms with van der Waals surface area (Å²) in [6.07, 6.45) is 66.7. The summed E-state index contributed by atoms with van der Waals surface area (Å²) in [4.78, 5) is 73.1. The molecule has 0 aliphatic rings. The highest BCUT2D eigenvalue weighted by Crippen LogP contribution is 2.45. The van der Waals surface area contributed by atoms with Crippen molar-refractivity contribution in [1.82, 2.24) is 0 Å². The zero-order valence-corrected chi connectivity index (χ0v) is 69.4. The van der Waals surface area contributed by atoms with Gasteiger partial charge in [-0.1, -0.05) is 395 Å². The zero-order valence-electron chi connectivity index (χ0n) is 67.6. The number of phosphoric acid groups is 2. The van der Waals surface area contributed by atoms with E-state index in [1.165, 1.54) is 257 Å². The summed E-state index contributed by atoms with van der Waals surface area (Å²) in [7, 11) is -9.93. The van der Waals surface area contributed by atoms with Crippen LogP contribution in [0.1, 0.15) is 446 Å². The topological polar surface area (TPSA) is 237 Å². The van der Waals surface area contributed by atoms with E-state index in [0.717, 1.165) is 108 Å². The van der Waals surface area contributed by atoms with Gasteiger partial charge in [0.15, 0.2) is 12.2 Å². The molecule has 0 heterocycles. The van der Waals surface area contributed by atoms with Crippen LogP contribution in [0.2, 0.25) is 0 Å². The van der Waals surface area contributed by atoms with Gasteiger partial charge in [-0.05, 0) is 37.5 Å². The highest BCUT2D eigenvalue weighted by molar-refractivity contribution is 7.47. The van der Waals surface area contributed by atoms with Gasteiger partial charge in [0.2, 0.25) is 0 Å². The van der Waals surface area contributed by atoms with Gasteiger partial charge in [-0.3, -0.25) is 37.3 Å². The minimum absolute atomic E-state index is 0.107. The molecule has 17 nitrogen and oxygen atoms in total. The first-order valence-corrected chi connectivity index (χ1v) is 46.5. The molecular weight excluding hydrogens is 1340 g/mol. The molecule has 0 bridgehead atoms. The van der Waals surface area contributed by atoms with Crippen LogP contribution < -0.4 is 0 Å². The molecular formula is C84H164O17P2. The van der Waals surface area contributed by atoms with Crippen molar-refractivity contribution in [2.75, 3.05) is 39.6 Å². The number of hydrogen-bond acceptors (Lipinski definition) is 15. The van der Waals surface area contributed by atoms with Crippen LogP contribution in [0.4, 0.5) is 0 Å². The van der Waals surface area contributed by atoms with Crippen LogP contribution in [0.25, 0.3) is 0 Å². The van der Waals surface area contributed by atoms with E-state index in [1.807, 2.05) is 0 Å². The van der Waals surface area contributed by atoms with E-state index in [-0.39, 0.29) is 25.7 Å². The molecule has 3 N–H and O–H groups in total. The first-order valence-electron chi connectivity index (χ1n) is 43.5. The van der Waals surface area contributed by atoms with Gasteiger partial charge in [-0.2, -0.15) is 0 Å². The van der Waals surface area contributed by atoms with E-state index in [0.29, 0.717) is 25.7 Å². The number of ether oxygens (including phenoxy) is 4. The summed E-state index contributed by atoms with van der Waals surface area (Å²) >= 11 is 0. The molecule has 612 valence electrons. The molecule has 0 radical (unpaired) electrons. The van der Waals surface area contributed by atoms with Gasteiger partial charge >= 0.3 is 39.5 Å². The molecule has 6 atom stereocenters. The molecule has 0 fully saturated rings. The maximum absolute atomic E-state index is 13.1. The van der Waals surface area contributed by atoms with Gasteiger partial charge in [0.1, 0.15) is 19.3 Å². The first-order chi connectivity index (χ1) is 49.9. The van der Waals surface area contributed by atoms with Crippen LogP contribution in [-0.4, -0.2) is 96.7 Å². The van der Waals surface area contributed by atoms with Crippen molar-refractivity contribution in [3.05, 3.63) is 0 Å². The van der Waals surface area contributed by atoms with Crippen molar-refractivity contribution in [3.63, 3.8) is 0 Å². The standard InChI is InChI=1S/C84H164O17P2/c1-7-10-12-14-16-18-20-22-24-26-28-30-32-36-40-44-48-56-62-68-83(88)100-79(72-94-81(86)66-60-54-47-43-39-35-31-29-27-25-23-21-19-17-15-13-11-8-2)74-98-102(90,91)96-70-78(85)71-97-103(92,93)99-75-80(73-95-82(87)67-61-55-51-50-53-59-65-77(6)9-3)101-84(89)69-63-57-49-45-41-37-33-34-38-42-46-52-58-64-76(4)5/h76-80,85H,7-75H2,1-6H3,(H,90,91)(H,92,93)/t77?,78-,79-,80-/m1/s1. The maximum Gasteiger partial charge on any atom is 0.472 e. The predicted octanol–water partition coefficient (Wildman–Crippen LogP) is 25.5. The fraction of sp³-hybridized carbons (Fsp3) is 0.952. The summed E-state index contributed by atoms with van der Waals surface area (Å²) in [6, 6.07) is 0. The lowest BCUT2D eigenvalue weighted by Gasteiger charge is -2.21.